The van der Waals surface area contributed by atoms with Crippen LogP contribution in [0.15, 0.2) is 29.3 Å². The molecule has 128 valence electrons. The molecule has 1 heterocycles. The maximum atomic E-state index is 6.25. The standard InChI is InChI=1S/C18H29ClN4/c1-4-10-23-11-9-15(13-23)12-21-18(20-2)22(3)14-16-7-5-6-8-17(16)19/h5-8,15H,4,9-14H2,1-3H3,(H,20,21). The molecule has 1 unspecified atom stereocenters. The zero-order valence-corrected chi connectivity index (χ0v) is 15.3. The van der Waals surface area contributed by atoms with Crippen molar-refractivity contribution >= 4 is 17.6 Å². The summed E-state index contributed by atoms with van der Waals surface area (Å²) in [7, 11) is 3.89. The summed E-state index contributed by atoms with van der Waals surface area (Å²) in [4.78, 5) is 9.09. The van der Waals surface area contributed by atoms with Crippen LogP contribution in [0.3, 0.4) is 0 Å². The molecule has 1 aliphatic heterocycles. The van der Waals surface area contributed by atoms with Crippen LogP contribution in [0, 0.1) is 5.92 Å². The second-order valence-corrected chi connectivity index (χ2v) is 6.74. The Morgan fingerprint density at radius 1 is 1.43 bits per heavy atom. The SMILES string of the molecule is CCCN1CCC(CNC(=NC)N(C)Cc2ccccc2Cl)C1. The van der Waals surface area contributed by atoms with E-state index in [4.69, 9.17) is 11.6 Å². The van der Waals surface area contributed by atoms with Crippen molar-refractivity contribution in [3.8, 4) is 0 Å². The molecule has 1 atom stereocenters. The number of nitrogens with one attached hydrogen (secondary N) is 1. The summed E-state index contributed by atoms with van der Waals surface area (Å²) in [6.07, 6.45) is 2.51. The Morgan fingerprint density at radius 3 is 2.91 bits per heavy atom. The van der Waals surface area contributed by atoms with E-state index in [1.807, 2.05) is 25.2 Å². The molecular formula is C18H29ClN4. The highest BCUT2D eigenvalue weighted by Crippen LogP contribution is 2.17. The average Bonchev–Trinajstić information content (AvgIpc) is 2.98. The van der Waals surface area contributed by atoms with E-state index in [9.17, 15) is 0 Å². The first-order valence-electron chi connectivity index (χ1n) is 8.51. The van der Waals surface area contributed by atoms with Gasteiger partial charge < -0.3 is 15.1 Å². The van der Waals surface area contributed by atoms with E-state index in [0.717, 1.165) is 29.6 Å². The summed E-state index contributed by atoms with van der Waals surface area (Å²) in [6.45, 7) is 7.64. The van der Waals surface area contributed by atoms with Crippen LogP contribution >= 0.6 is 11.6 Å². The fourth-order valence-corrected chi connectivity index (χ4v) is 3.37. The van der Waals surface area contributed by atoms with E-state index in [2.05, 4.69) is 40.1 Å². The average molecular weight is 337 g/mol. The lowest BCUT2D eigenvalue weighted by Crippen LogP contribution is -2.41. The molecule has 0 saturated carbocycles. The molecule has 0 radical (unpaired) electrons. The maximum Gasteiger partial charge on any atom is 0.193 e. The van der Waals surface area contributed by atoms with Crippen molar-refractivity contribution in [2.45, 2.75) is 26.3 Å². The van der Waals surface area contributed by atoms with Gasteiger partial charge in [-0.25, -0.2) is 0 Å². The first-order valence-corrected chi connectivity index (χ1v) is 8.89. The Kier molecular flexibility index (Phi) is 7.18. The van der Waals surface area contributed by atoms with Crippen LogP contribution in [0.25, 0.3) is 0 Å². The summed E-state index contributed by atoms with van der Waals surface area (Å²) in [5, 5.41) is 4.33. The van der Waals surface area contributed by atoms with E-state index in [1.54, 1.807) is 0 Å². The van der Waals surface area contributed by atoms with Gasteiger partial charge in [-0.15, -0.1) is 0 Å². The van der Waals surface area contributed by atoms with Gasteiger partial charge in [0.05, 0.1) is 0 Å². The zero-order valence-electron chi connectivity index (χ0n) is 14.6. The molecule has 0 spiro atoms. The highest BCUT2D eigenvalue weighted by Gasteiger charge is 2.22. The van der Waals surface area contributed by atoms with E-state index < -0.39 is 0 Å². The zero-order chi connectivity index (χ0) is 16.7. The van der Waals surface area contributed by atoms with Crippen molar-refractivity contribution < 1.29 is 0 Å². The van der Waals surface area contributed by atoms with Crippen LogP contribution < -0.4 is 5.32 Å². The van der Waals surface area contributed by atoms with Crippen molar-refractivity contribution in [2.24, 2.45) is 10.9 Å². The van der Waals surface area contributed by atoms with Crippen LogP contribution in [0.2, 0.25) is 5.02 Å². The maximum absolute atomic E-state index is 6.25. The molecule has 1 aromatic carbocycles. The minimum absolute atomic E-state index is 0.715. The van der Waals surface area contributed by atoms with Crippen molar-refractivity contribution in [2.75, 3.05) is 40.3 Å². The summed E-state index contributed by atoms with van der Waals surface area (Å²) < 4.78 is 0. The van der Waals surface area contributed by atoms with Gasteiger partial charge in [0.2, 0.25) is 0 Å². The molecule has 1 N–H and O–H groups in total. The van der Waals surface area contributed by atoms with E-state index in [1.165, 1.54) is 32.5 Å². The van der Waals surface area contributed by atoms with Crippen molar-refractivity contribution in [1.82, 2.24) is 15.1 Å². The summed E-state index contributed by atoms with van der Waals surface area (Å²) in [5.41, 5.74) is 1.12. The van der Waals surface area contributed by atoms with Gasteiger partial charge in [-0.2, -0.15) is 0 Å². The molecule has 0 aliphatic carbocycles. The quantitative estimate of drug-likeness (QED) is 0.639. The Labute approximate surface area is 145 Å². The second kappa shape index (κ2) is 9.14. The smallest absolute Gasteiger partial charge is 0.193 e. The molecule has 5 heteroatoms. The highest BCUT2D eigenvalue weighted by molar-refractivity contribution is 6.31. The fourth-order valence-electron chi connectivity index (χ4n) is 3.18. The number of benzene rings is 1. The lowest BCUT2D eigenvalue weighted by molar-refractivity contribution is 0.324. The number of nitrogens with zero attached hydrogens (tertiary/aromatic N) is 3. The van der Waals surface area contributed by atoms with Crippen molar-refractivity contribution in [3.63, 3.8) is 0 Å². The van der Waals surface area contributed by atoms with E-state index in [-0.39, 0.29) is 0 Å². The van der Waals surface area contributed by atoms with Crippen LogP contribution in [0.1, 0.15) is 25.3 Å². The van der Waals surface area contributed by atoms with Crippen LogP contribution in [0.5, 0.6) is 0 Å². The van der Waals surface area contributed by atoms with E-state index in [0.29, 0.717) is 5.92 Å². The van der Waals surface area contributed by atoms with Crippen LogP contribution in [0.4, 0.5) is 0 Å². The first-order chi connectivity index (χ1) is 11.1. The monoisotopic (exact) mass is 336 g/mol. The number of hydrogen-bond acceptors (Lipinski definition) is 2. The molecule has 2 rings (SSSR count). The molecular weight excluding hydrogens is 308 g/mol. The van der Waals surface area contributed by atoms with Crippen LogP contribution in [-0.2, 0) is 6.54 Å². The Hall–Kier alpha value is -1.26. The molecule has 4 nitrogen and oxygen atoms in total. The van der Waals surface area contributed by atoms with Gasteiger partial charge in [0.1, 0.15) is 0 Å². The van der Waals surface area contributed by atoms with Gasteiger partial charge in [0.15, 0.2) is 5.96 Å². The van der Waals surface area contributed by atoms with Gasteiger partial charge in [0, 0.05) is 38.8 Å². The number of likely N-dealkylation sites (tertiary alicyclic amines) is 1. The minimum Gasteiger partial charge on any atom is -0.356 e. The Morgan fingerprint density at radius 2 is 2.22 bits per heavy atom. The third-order valence-corrected chi connectivity index (χ3v) is 4.77. The third-order valence-electron chi connectivity index (χ3n) is 4.40. The van der Waals surface area contributed by atoms with Gasteiger partial charge >= 0.3 is 0 Å². The van der Waals surface area contributed by atoms with Crippen LogP contribution in [-0.4, -0.2) is 56.0 Å². The van der Waals surface area contributed by atoms with Crippen molar-refractivity contribution in [3.05, 3.63) is 34.9 Å². The third kappa shape index (κ3) is 5.40. The van der Waals surface area contributed by atoms with E-state index >= 15 is 0 Å². The molecule has 1 aliphatic rings. The normalized spacial score (nSPS) is 19.1. The first kappa shape index (κ1) is 18.1. The molecule has 0 aromatic heterocycles. The van der Waals surface area contributed by atoms with Crippen molar-refractivity contribution in [1.29, 1.82) is 0 Å². The van der Waals surface area contributed by atoms with Gasteiger partial charge in [0.25, 0.3) is 0 Å². The minimum atomic E-state index is 0.715. The molecule has 1 fully saturated rings. The molecule has 0 bridgehead atoms. The number of guanidine groups is 1. The largest absolute Gasteiger partial charge is 0.356 e. The second-order valence-electron chi connectivity index (χ2n) is 6.33. The topological polar surface area (TPSA) is 30.9 Å². The fraction of sp³-hybridized carbons (Fsp3) is 0.611. The predicted molar refractivity (Wildman–Crippen MR) is 99.1 cm³/mol. The molecule has 23 heavy (non-hydrogen) atoms. The Bertz CT molecular complexity index is 517. The number of rotatable bonds is 6. The summed E-state index contributed by atoms with van der Waals surface area (Å²) >= 11 is 6.25. The molecule has 1 saturated heterocycles. The lowest BCUT2D eigenvalue weighted by atomic mass is 10.1. The van der Waals surface area contributed by atoms with Gasteiger partial charge in [-0.3, -0.25) is 4.99 Å². The molecule has 0 amide bonds. The van der Waals surface area contributed by atoms with Gasteiger partial charge in [-0.05, 0) is 43.5 Å². The predicted octanol–water partition coefficient (Wildman–Crippen LogP) is 3.08. The lowest BCUT2D eigenvalue weighted by Gasteiger charge is -2.24. The highest BCUT2D eigenvalue weighted by atomic mass is 35.5. The molecule has 1 aromatic rings. The van der Waals surface area contributed by atoms with Gasteiger partial charge in [-0.1, -0.05) is 36.7 Å². The number of halogens is 1. The number of aliphatic imine (C=N–C) groups is 1. The summed E-state index contributed by atoms with van der Waals surface area (Å²) in [5.74, 6) is 1.64. The summed E-state index contributed by atoms with van der Waals surface area (Å²) in [6, 6.07) is 7.97. The number of hydrogen-bond donors (Lipinski definition) is 1. The Balaban J connectivity index is 1.82.